The van der Waals surface area contributed by atoms with Gasteiger partial charge in [0.25, 0.3) is 11.6 Å². The lowest BCUT2D eigenvalue weighted by Crippen LogP contribution is -2.00. The third-order valence-corrected chi connectivity index (χ3v) is 4.37. The van der Waals surface area contributed by atoms with E-state index in [9.17, 15) is 0 Å². The van der Waals surface area contributed by atoms with Gasteiger partial charge in [-0.15, -0.1) is 20.4 Å². The molecule has 0 atom stereocenters. The van der Waals surface area contributed by atoms with Gasteiger partial charge in [0.2, 0.25) is 5.65 Å². The van der Waals surface area contributed by atoms with Crippen LogP contribution in [0, 0.1) is 13.5 Å². The molecular formula is C19H13N11. The number of aromatic amines is 1. The number of nitrogens with zero attached hydrogens (tertiary/aromatic N) is 10. The average Bonchev–Trinajstić information content (AvgIpc) is 3.47. The summed E-state index contributed by atoms with van der Waals surface area (Å²) in [6, 6.07) is 11.4. The van der Waals surface area contributed by atoms with Crippen molar-refractivity contribution < 1.29 is 0 Å². The molecule has 4 aromatic heterocycles. The Bertz CT molecular complexity index is 1400. The minimum absolute atomic E-state index is 0.234. The zero-order valence-electron chi connectivity index (χ0n) is 15.7. The van der Waals surface area contributed by atoms with Crippen LogP contribution < -0.4 is 0 Å². The van der Waals surface area contributed by atoms with Crippen molar-refractivity contribution in [2.24, 2.45) is 10.2 Å². The first kappa shape index (κ1) is 17.4. The van der Waals surface area contributed by atoms with Gasteiger partial charge in [-0.05, 0) is 13.0 Å². The van der Waals surface area contributed by atoms with E-state index in [4.69, 9.17) is 6.57 Å². The van der Waals surface area contributed by atoms with Crippen LogP contribution in [0.4, 0.5) is 17.2 Å². The van der Waals surface area contributed by atoms with Crippen molar-refractivity contribution in [1.29, 1.82) is 0 Å². The molecule has 0 aliphatic rings. The number of fused-ring (bicyclic) bond motifs is 1. The van der Waals surface area contributed by atoms with E-state index in [-0.39, 0.29) is 11.5 Å². The number of nitrogens with one attached hydrogen (secondary N) is 1. The predicted molar refractivity (Wildman–Crippen MR) is 107 cm³/mol. The third-order valence-electron chi connectivity index (χ3n) is 4.37. The number of rotatable bonds is 4. The van der Waals surface area contributed by atoms with Crippen molar-refractivity contribution in [1.82, 2.24) is 39.6 Å². The van der Waals surface area contributed by atoms with Gasteiger partial charge in [0.05, 0.1) is 18.5 Å². The molecule has 4 heterocycles. The van der Waals surface area contributed by atoms with Crippen LogP contribution in [0.5, 0.6) is 0 Å². The summed E-state index contributed by atoms with van der Waals surface area (Å²) in [7, 11) is 0. The van der Waals surface area contributed by atoms with Crippen molar-refractivity contribution in [3.63, 3.8) is 0 Å². The Kier molecular flexibility index (Phi) is 4.07. The van der Waals surface area contributed by atoms with Crippen molar-refractivity contribution in [3.8, 4) is 17.3 Å². The number of benzene rings is 1. The number of hydrogen-bond donors (Lipinski definition) is 1. The number of aromatic nitrogens is 8. The van der Waals surface area contributed by atoms with Gasteiger partial charge in [-0.3, -0.25) is 5.10 Å². The second-order valence-electron chi connectivity index (χ2n) is 6.26. The standard InChI is InChI=1S/C19H13N11/c1-12-15(18-27-25-16(29(18)28-12)13-7-4-3-5-8-13)24-26-17-14(20-2)11-23-30(17)19-21-9-6-10-22-19/h3-11,28H,1H3. The molecule has 30 heavy (non-hydrogen) atoms. The molecule has 0 fully saturated rings. The van der Waals surface area contributed by atoms with Crippen LogP contribution in [0.2, 0.25) is 0 Å². The Morgan fingerprint density at radius 3 is 2.60 bits per heavy atom. The van der Waals surface area contributed by atoms with Gasteiger partial charge < -0.3 is 0 Å². The summed E-state index contributed by atoms with van der Waals surface area (Å²) in [5, 5.41) is 24.5. The van der Waals surface area contributed by atoms with Crippen molar-refractivity contribution in [2.45, 2.75) is 6.92 Å². The zero-order chi connectivity index (χ0) is 20.5. The Balaban J connectivity index is 1.59. The lowest BCUT2D eigenvalue weighted by Gasteiger charge is -2.00. The van der Waals surface area contributed by atoms with Crippen molar-refractivity contribution in [2.75, 3.05) is 0 Å². The van der Waals surface area contributed by atoms with E-state index in [2.05, 4.69) is 45.4 Å². The molecule has 1 N–H and O–H groups in total. The second-order valence-corrected chi connectivity index (χ2v) is 6.26. The maximum atomic E-state index is 7.38. The van der Waals surface area contributed by atoms with E-state index in [0.717, 1.165) is 11.3 Å². The molecule has 0 aliphatic carbocycles. The molecule has 5 rings (SSSR count). The van der Waals surface area contributed by atoms with Crippen molar-refractivity contribution in [3.05, 3.63) is 72.1 Å². The van der Waals surface area contributed by atoms with Gasteiger partial charge >= 0.3 is 0 Å². The fourth-order valence-electron chi connectivity index (χ4n) is 2.98. The van der Waals surface area contributed by atoms with Gasteiger partial charge in [-0.2, -0.15) is 9.78 Å². The third kappa shape index (κ3) is 2.80. The summed E-state index contributed by atoms with van der Waals surface area (Å²) in [6.07, 6.45) is 4.58. The van der Waals surface area contributed by atoms with Gasteiger partial charge in [0, 0.05) is 18.0 Å². The smallest absolute Gasteiger partial charge is 0.252 e. The highest BCUT2D eigenvalue weighted by atomic mass is 15.4. The summed E-state index contributed by atoms with van der Waals surface area (Å²) in [5.41, 5.74) is 2.96. The first-order chi connectivity index (χ1) is 14.8. The maximum absolute atomic E-state index is 7.38. The molecular weight excluding hydrogens is 382 g/mol. The van der Waals surface area contributed by atoms with E-state index in [1.807, 2.05) is 37.3 Å². The monoisotopic (exact) mass is 395 g/mol. The van der Waals surface area contributed by atoms with E-state index in [0.29, 0.717) is 23.1 Å². The molecule has 0 saturated heterocycles. The van der Waals surface area contributed by atoms with Crippen LogP contribution in [-0.2, 0) is 0 Å². The highest BCUT2D eigenvalue weighted by Gasteiger charge is 2.18. The molecule has 0 bridgehead atoms. The highest BCUT2D eigenvalue weighted by molar-refractivity contribution is 5.71. The van der Waals surface area contributed by atoms with Crippen LogP contribution in [0.15, 0.2) is 65.2 Å². The van der Waals surface area contributed by atoms with Crippen LogP contribution in [-0.4, -0.2) is 39.6 Å². The highest BCUT2D eigenvalue weighted by Crippen LogP contribution is 2.33. The lowest BCUT2D eigenvalue weighted by molar-refractivity contribution is 0.803. The average molecular weight is 395 g/mol. The number of H-pyrrole nitrogens is 1. The molecule has 11 heteroatoms. The first-order valence-electron chi connectivity index (χ1n) is 8.90. The largest absolute Gasteiger partial charge is 0.293 e. The molecule has 0 aliphatic heterocycles. The Hall–Kier alpha value is -4.72. The molecule has 0 saturated carbocycles. The van der Waals surface area contributed by atoms with E-state index < -0.39 is 0 Å². The Morgan fingerprint density at radius 1 is 1.03 bits per heavy atom. The van der Waals surface area contributed by atoms with Crippen LogP contribution in [0.25, 0.3) is 27.8 Å². The lowest BCUT2D eigenvalue weighted by atomic mass is 10.2. The predicted octanol–water partition coefficient (Wildman–Crippen LogP) is 3.97. The molecule has 0 radical (unpaired) electrons. The minimum Gasteiger partial charge on any atom is -0.293 e. The molecule has 0 unspecified atom stereocenters. The summed E-state index contributed by atoms with van der Waals surface area (Å²) in [6.45, 7) is 9.25. The van der Waals surface area contributed by atoms with Gasteiger partial charge in [-0.1, -0.05) is 30.3 Å². The molecule has 1 aromatic carbocycles. The maximum Gasteiger partial charge on any atom is 0.252 e. The molecule has 0 amide bonds. The SMILES string of the molecule is [C-]#[N+]c1cnn(-c2ncccn2)c1N=Nc1c(C)[nH]n2c(-c3ccccc3)nnc12. The number of hydrogen-bond acceptors (Lipinski definition) is 7. The molecule has 11 nitrogen and oxygen atoms in total. The first-order valence-corrected chi connectivity index (χ1v) is 8.90. The quantitative estimate of drug-likeness (QED) is 0.365. The van der Waals surface area contributed by atoms with E-state index in [1.54, 1.807) is 23.0 Å². The van der Waals surface area contributed by atoms with Gasteiger partial charge in [0.15, 0.2) is 17.3 Å². The molecule has 5 aromatic rings. The second kappa shape index (κ2) is 7.02. The topological polar surface area (TPSA) is 119 Å². The molecule has 0 spiro atoms. The fraction of sp³-hybridized carbons (Fsp3) is 0.0526. The fourth-order valence-corrected chi connectivity index (χ4v) is 2.98. The normalized spacial score (nSPS) is 11.3. The van der Waals surface area contributed by atoms with Gasteiger partial charge in [-0.25, -0.2) is 19.3 Å². The summed E-state index contributed by atoms with van der Waals surface area (Å²) < 4.78 is 3.13. The van der Waals surface area contributed by atoms with E-state index >= 15 is 0 Å². The Labute approximate surface area is 169 Å². The number of azo groups is 1. The van der Waals surface area contributed by atoms with Crippen LogP contribution >= 0.6 is 0 Å². The van der Waals surface area contributed by atoms with Gasteiger partial charge in [0.1, 0.15) is 0 Å². The summed E-state index contributed by atoms with van der Waals surface area (Å²) in [4.78, 5) is 11.8. The number of aryl methyl sites for hydroxylation is 1. The van der Waals surface area contributed by atoms with Crippen molar-refractivity contribution >= 4 is 22.8 Å². The zero-order valence-corrected chi connectivity index (χ0v) is 15.7. The van der Waals surface area contributed by atoms with E-state index in [1.165, 1.54) is 10.9 Å². The minimum atomic E-state index is 0.234. The summed E-state index contributed by atoms with van der Waals surface area (Å²) >= 11 is 0. The molecule has 144 valence electrons. The van der Waals surface area contributed by atoms with Crippen LogP contribution in [0.1, 0.15) is 5.69 Å². The Morgan fingerprint density at radius 2 is 1.83 bits per heavy atom. The van der Waals surface area contributed by atoms with Crippen LogP contribution in [0.3, 0.4) is 0 Å². The summed E-state index contributed by atoms with van der Waals surface area (Å²) in [5.74, 6) is 1.20.